The van der Waals surface area contributed by atoms with Gasteiger partial charge in [0.15, 0.2) is 0 Å². The summed E-state index contributed by atoms with van der Waals surface area (Å²) in [5, 5.41) is -0.647. The second kappa shape index (κ2) is 6.86. The molecule has 0 radical (unpaired) electrons. The van der Waals surface area contributed by atoms with Crippen LogP contribution in [0.5, 0.6) is 5.75 Å². The number of hydrogen-bond donors (Lipinski definition) is 0. The number of aryl methyl sites for hydroxylation is 1. The monoisotopic (exact) mass is 381 g/mol. The lowest BCUT2D eigenvalue weighted by Gasteiger charge is -2.12. The van der Waals surface area contributed by atoms with Gasteiger partial charge >= 0.3 is 16.3 Å². The molecule has 1 aromatic carbocycles. The van der Waals surface area contributed by atoms with Gasteiger partial charge in [0, 0.05) is 12.7 Å². The second-order valence-electron chi connectivity index (χ2n) is 4.73. The molecular formula is C14H11ClF3NO4S. The zero-order valence-electron chi connectivity index (χ0n) is 12.0. The first-order valence-electron chi connectivity index (χ1n) is 6.53. The number of halogens is 4. The Morgan fingerprint density at radius 3 is 2.38 bits per heavy atom. The Morgan fingerprint density at radius 2 is 1.79 bits per heavy atom. The van der Waals surface area contributed by atoms with Crippen LogP contribution in [0.2, 0.25) is 5.02 Å². The minimum atomic E-state index is -4.71. The highest BCUT2D eigenvalue weighted by atomic mass is 35.5. The van der Waals surface area contributed by atoms with Crippen LogP contribution < -0.4 is 9.74 Å². The molecule has 5 nitrogen and oxygen atoms in total. The third kappa shape index (κ3) is 4.75. The van der Waals surface area contributed by atoms with Crippen molar-refractivity contribution in [3.8, 4) is 5.75 Å². The lowest BCUT2D eigenvalue weighted by atomic mass is 10.3. The van der Waals surface area contributed by atoms with Crippen molar-refractivity contribution in [1.29, 1.82) is 0 Å². The average molecular weight is 382 g/mol. The topological polar surface area (TPSA) is 65.4 Å². The summed E-state index contributed by atoms with van der Waals surface area (Å²) >= 11 is 5.49. The first-order valence-corrected chi connectivity index (χ1v) is 8.48. The van der Waals surface area contributed by atoms with Crippen molar-refractivity contribution in [2.75, 3.05) is 5.75 Å². The van der Waals surface area contributed by atoms with E-state index in [1.165, 1.54) is 12.1 Å². The normalized spacial score (nSPS) is 12.2. The van der Waals surface area contributed by atoms with E-state index in [9.17, 15) is 26.4 Å². The molecule has 0 saturated carbocycles. The number of aromatic nitrogens is 1. The fourth-order valence-corrected chi connectivity index (χ4v) is 2.93. The van der Waals surface area contributed by atoms with Crippen LogP contribution in [0.1, 0.15) is 5.56 Å². The third-order valence-electron chi connectivity index (χ3n) is 2.92. The van der Waals surface area contributed by atoms with E-state index in [4.69, 9.17) is 15.8 Å². The molecule has 2 rings (SSSR count). The number of para-hydroxylation sites is 1. The van der Waals surface area contributed by atoms with Crippen molar-refractivity contribution >= 4 is 21.7 Å². The van der Waals surface area contributed by atoms with Gasteiger partial charge in [0.05, 0.1) is 5.56 Å². The summed E-state index contributed by atoms with van der Waals surface area (Å²) < 4.78 is 67.3. The number of rotatable bonds is 5. The molecule has 1 aromatic heterocycles. The van der Waals surface area contributed by atoms with Crippen LogP contribution in [0, 0.1) is 0 Å². The van der Waals surface area contributed by atoms with Gasteiger partial charge in [-0.3, -0.25) is 4.79 Å². The van der Waals surface area contributed by atoms with Crippen LogP contribution in [0.4, 0.5) is 13.2 Å². The van der Waals surface area contributed by atoms with E-state index in [0.717, 1.165) is 0 Å². The molecule has 0 aliphatic carbocycles. The highest BCUT2D eigenvalue weighted by molar-refractivity contribution is 7.87. The highest BCUT2D eigenvalue weighted by Gasteiger charge is 2.32. The summed E-state index contributed by atoms with van der Waals surface area (Å²) in [7, 11) is -4.09. The lowest BCUT2D eigenvalue weighted by Crippen LogP contribution is -2.27. The molecule has 0 aliphatic rings. The molecule has 0 unspecified atom stereocenters. The van der Waals surface area contributed by atoms with Crippen LogP contribution in [0.3, 0.4) is 0 Å². The molecule has 2 aromatic rings. The standard InChI is InChI=1S/C14H11ClF3NO4S/c15-12-8-10(14(16,17)18)9-19(13(12)20)6-7-24(21,22)23-11-4-2-1-3-5-11/h1-5,8-9H,6-7H2. The molecule has 0 N–H and O–H groups in total. The van der Waals surface area contributed by atoms with E-state index < -0.39 is 44.7 Å². The molecule has 0 fully saturated rings. The molecule has 0 aliphatic heterocycles. The Labute approximate surface area is 140 Å². The van der Waals surface area contributed by atoms with Crippen molar-refractivity contribution in [3.05, 3.63) is 63.5 Å². The van der Waals surface area contributed by atoms with E-state index >= 15 is 0 Å². The minimum absolute atomic E-state index is 0.0620. The average Bonchev–Trinajstić information content (AvgIpc) is 2.48. The highest BCUT2D eigenvalue weighted by Crippen LogP contribution is 2.29. The van der Waals surface area contributed by atoms with E-state index in [1.807, 2.05) is 0 Å². The molecule has 24 heavy (non-hydrogen) atoms. The summed E-state index contributed by atoms with van der Waals surface area (Å²) in [6.07, 6.45) is -4.19. The zero-order valence-corrected chi connectivity index (χ0v) is 13.5. The lowest BCUT2D eigenvalue weighted by molar-refractivity contribution is -0.138. The molecule has 0 saturated heterocycles. The van der Waals surface area contributed by atoms with E-state index in [-0.39, 0.29) is 5.75 Å². The second-order valence-corrected chi connectivity index (χ2v) is 6.83. The molecule has 10 heteroatoms. The minimum Gasteiger partial charge on any atom is -0.382 e. The largest absolute Gasteiger partial charge is 0.417 e. The third-order valence-corrected chi connectivity index (χ3v) is 4.32. The van der Waals surface area contributed by atoms with Crippen LogP contribution >= 0.6 is 11.6 Å². The van der Waals surface area contributed by atoms with Crippen molar-refractivity contribution in [1.82, 2.24) is 4.57 Å². The van der Waals surface area contributed by atoms with Crippen LogP contribution in [-0.2, 0) is 22.8 Å². The van der Waals surface area contributed by atoms with Gasteiger partial charge in [0.25, 0.3) is 5.56 Å². The maximum absolute atomic E-state index is 12.7. The van der Waals surface area contributed by atoms with Gasteiger partial charge in [-0.2, -0.15) is 21.6 Å². The van der Waals surface area contributed by atoms with Crippen LogP contribution in [-0.4, -0.2) is 18.7 Å². The number of hydrogen-bond acceptors (Lipinski definition) is 4. The fraction of sp³-hybridized carbons (Fsp3) is 0.214. The van der Waals surface area contributed by atoms with Gasteiger partial charge in [0.2, 0.25) is 0 Å². The zero-order chi connectivity index (χ0) is 18.0. The summed E-state index contributed by atoms with van der Waals surface area (Å²) in [5.74, 6) is -0.633. The number of alkyl halides is 3. The predicted octanol–water partition coefficient (Wildman–Crippen LogP) is 2.93. The molecule has 130 valence electrons. The number of nitrogens with zero attached hydrogens (tertiary/aromatic N) is 1. The maximum Gasteiger partial charge on any atom is 0.417 e. The van der Waals surface area contributed by atoms with E-state index in [0.29, 0.717) is 16.8 Å². The van der Waals surface area contributed by atoms with Gasteiger partial charge < -0.3 is 8.75 Å². The van der Waals surface area contributed by atoms with Crippen molar-refractivity contribution < 1.29 is 25.8 Å². The van der Waals surface area contributed by atoms with Gasteiger partial charge in [-0.25, -0.2) is 0 Å². The van der Waals surface area contributed by atoms with Gasteiger partial charge in [-0.15, -0.1) is 0 Å². The quantitative estimate of drug-likeness (QED) is 0.747. The molecule has 0 atom stereocenters. The number of benzene rings is 1. The Balaban J connectivity index is 2.19. The predicted molar refractivity (Wildman–Crippen MR) is 81.6 cm³/mol. The van der Waals surface area contributed by atoms with Gasteiger partial charge in [0.1, 0.15) is 16.5 Å². The Morgan fingerprint density at radius 1 is 1.17 bits per heavy atom. The first-order chi connectivity index (χ1) is 11.1. The van der Waals surface area contributed by atoms with Crippen molar-refractivity contribution in [2.24, 2.45) is 0 Å². The summed E-state index contributed by atoms with van der Waals surface area (Å²) in [6.45, 7) is -0.530. The summed E-state index contributed by atoms with van der Waals surface area (Å²) in [5.41, 5.74) is -2.06. The Kier molecular flexibility index (Phi) is 5.24. The maximum atomic E-state index is 12.7. The molecular weight excluding hydrogens is 371 g/mol. The van der Waals surface area contributed by atoms with Gasteiger partial charge in [-0.05, 0) is 18.2 Å². The Hall–Kier alpha value is -2.00. The molecule has 0 spiro atoms. The van der Waals surface area contributed by atoms with Crippen LogP contribution in [0.15, 0.2) is 47.4 Å². The number of pyridine rings is 1. The first kappa shape index (κ1) is 18.3. The van der Waals surface area contributed by atoms with E-state index in [2.05, 4.69) is 0 Å². The van der Waals surface area contributed by atoms with Crippen LogP contribution in [0.25, 0.3) is 0 Å². The summed E-state index contributed by atoms with van der Waals surface area (Å²) in [6, 6.07) is 8.08. The smallest absolute Gasteiger partial charge is 0.382 e. The Bertz CT molecular complexity index is 879. The molecule has 0 amide bonds. The van der Waals surface area contributed by atoms with Crippen molar-refractivity contribution in [3.63, 3.8) is 0 Å². The fourth-order valence-electron chi connectivity index (χ4n) is 1.79. The molecule has 0 bridgehead atoms. The van der Waals surface area contributed by atoms with E-state index in [1.54, 1.807) is 18.2 Å². The van der Waals surface area contributed by atoms with Gasteiger partial charge in [-0.1, -0.05) is 29.8 Å². The van der Waals surface area contributed by atoms with Crippen molar-refractivity contribution in [2.45, 2.75) is 12.7 Å². The molecule has 1 heterocycles. The SMILES string of the molecule is O=c1c(Cl)cc(C(F)(F)F)cn1CCS(=O)(=O)Oc1ccccc1. The summed E-state index contributed by atoms with van der Waals surface area (Å²) in [4.78, 5) is 11.8.